The predicted molar refractivity (Wildman–Crippen MR) is 83.5 cm³/mol. The van der Waals surface area contributed by atoms with Gasteiger partial charge in [0.15, 0.2) is 20.6 Å². The van der Waals surface area contributed by atoms with Crippen LogP contribution in [0.4, 0.5) is 0 Å². The Balaban J connectivity index is 1.63. The molecule has 0 spiro atoms. The van der Waals surface area contributed by atoms with Crippen molar-refractivity contribution >= 4 is 33.2 Å². The molecule has 0 saturated carbocycles. The van der Waals surface area contributed by atoms with Crippen molar-refractivity contribution in [2.75, 3.05) is 24.3 Å². The number of amides is 1. The van der Waals surface area contributed by atoms with E-state index in [0.717, 1.165) is 5.65 Å². The van der Waals surface area contributed by atoms with Crippen LogP contribution in [0, 0.1) is 0 Å². The van der Waals surface area contributed by atoms with Crippen LogP contribution < -0.4 is 0 Å². The van der Waals surface area contributed by atoms with Gasteiger partial charge >= 0.3 is 0 Å². The quantitative estimate of drug-likeness (QED) is 0.752. The number of carbonyl (C=O) groups excluding carboxylic acids is 1. The number of carbonyl (C=O) groups is 1. The van der Waals surface area contributed by atoms with E-state index in [2.05, 4.69) is 10.2 Å². The number of aromatic nitrogens is 3. The first-order chi connectivity index (χ1) is 10.5. The molecular formula is C13H16N4O3S2. The van der Waals surface area contributed by atoms with Crippen LogP contribution >= 0.6 is 11.8 Å². The molecule has 3 heterocycles. The lowest BCUT2D eigenvalue weighted by Crippen LogP contribution is -2.38. The fourth-order valence-electron chi connectivity index (χ4n) is 2.43. The van der Waals surface area contributed by atoms with E-state index < -0.39 is 9.84 Å². The lowest BCUT2D eigenvalue weighted by molar-refractivity contribution is -0.128. The van der Waals surface area contributed by atoms with Gasteiger partial charge in [0, 0.05) is 19.3 Å². The average molecular weight is 340 g/mol. The Bertz CT molecular complexity index is 802. The molecule has 3 rings (SSSR count). The zero-order chi connectivity index (χ0) is 15.7. The largest absolute Gasteiger partial charge is 0.341 e. The number of pyridine rings is 1. The SMILES string of the molecule is CN(C(=O)CSc1nnc2ccccn12)[C@H]1CCS(=O)(=O)C1. The molecule has 0 bridgehead atoms. The number of fused-ring (bicyclic) bond motifs is 1. The lowest BCUT2D eigenvalue weighted by atomic mass is 10.2. The Morgan fingerprint density at radius 2 is 2.27 bits per heavy atom. The van der Waals surface area contributed by atoms with Crippen LogP contribution in [0.15, 0.2) is 29.6 Å². The van der Waals surface area contributed by atoms with Gasteiger partial charge in [0.1, 0.15) is 0 Å². The number of sulfone groups is 1. The minimum Gasteiger partial charge on any atom is -0.341 e. The molecule has 1 atom stereocenters. The van der Waals surface area contributed by atoms with Crippen molar-refractivity contribution in [2.45, 2.75) is 17.6 Å². The summed E-state index contributed by atoms with van der Waals surface area (Å²) in [5.74, 6) is 0.341. The Labute approximate surface area is 132 Å². The van der Waals surface area contributed by atoms with Gasteiger partial charge in [0.25, 0.3) is 0 Å². The first-order valence-corrected chi connectivity index (χ1v) is 9.65. The van der Waals surface area contributed by atoms with Crippen LogP contribution in [0.25, 0.3) is 5.65 Å². The molecule has 22 heavy (non-hydrogen) atoms. The highest BCUT2D eigenvalue weighted by molar-refractivity contribution is 7.99. The van der Waals surface area contributed by atoms with Crippen LogP contribution in [0.1, 0.15) is 6.42 Å². The Kier molecular flexibility index (Phi) is 4.09. The normalized spacial score (nSPS) is 20.3. The van der Waals surface area contributed by atoms with E-state index in [0.29, 0.717) is 11.6 Å². The van der Waals surface area contributed by atoms with Gasteiger partial charge in [-0.1, -0.05) is 17.8 Å². The third kappa shape index (κ3) is 3.09. The van der Waals surface area contributed by atoms with Crippen LogP contribution in [0.2, 0.25) is 0 Å². The van der Waals surface area contributed by atoms with Gasteiger partial charge in [0.2, 0.25) is 5.91 Å². The van der Waals surface area contributed by atoms with Gasteiger partial charge in [-0.15, -0.1) is 10.2 Å². The number of hydrogen-bond donors (Lipinski definition) is 0. The molecule has 0 unspecified atom stereocenters. The summed E-state index contributed by atoms with van der Waals surface area (Å²) in [4.78, 5) is 13.8. The molecule has 9 heteroatoms. The summed E-state index contributed by atoms with van der Waals surface area (Å²) in [6, 6.07) is 5.37. The van der Waals surface area contributed by atoms with E-state index in [1.165, 1.54) is 11.8 Å². The fourth-order valence-corrected chi connectivity index (χ4v) is 5.05. The molecule has 1 amide bonds. The van der Waals surface area contributed by atoms with Crippen molar-refractivity contribution in [3.63, 3.8) is 0 Å². The number of hydrogen-bond acceptors (Lipinski definition) is 6. The summed E-state index contributed by atoms with van der Waals surface area (Å²) in [6.07, 6.45) is 2.36. The summed E-state index contributed by atoms with van der Waals surface area (Å²) >= 11 is 1.30. The highest BCUT2D eigenvalue weighted by Crippen LogP contribution is 2.20. The van der Waals surface area contributed by atoms with Crippen molar-refractivity contribution in [3.8, 4) is 0 Å². The molecule has 0 radical (unpaired) electrons. The zero-order valence-electron chi connectivity index (χ0n) is 12.0. The standard InChI is InChI=1S/C13H16N4O3S2/c1-16(10-5-7-22(19,20)9-10)12(18)8-21-13-15-14-11-4-2-3-6-17(11)13/h2-4,6,10H,5,7-9H2,1H3/t10-/m0/s1. The maximum atomic E-state index is 12.2. The van der Waals surface area contributed by atoms with Gasteiger partial charge in [-0.25, -0.2) is 8.42 Å². The Morgan fingerprint density at radius 3 is 3.00 bits per heavy atom. The van der Waals surface area contributed by atoms with E-state index >= 15 is 0 Å². The third-order valence-electron chi connectivity index (χ3n) is 3.76. The first kappa shape index (κ1) is 15.3. The van der Waals surface area contributed by atoms with E-state index in [4.69, 9.17) is 0 Å². The molecule has 0 aromatic carbocycles. The number of nitrogens with zero attached hydrogens (tertiary/aromatic N) is 4. The molecule has 0 aliphatic carbocycles. The predicted octanol–water partition coefficient (Wildman–Crippen LogP) is 0.467. The van der Waals surface area contributed by atoms with Crippen molar-refractivity contribution in [1.29, 1.82) is 0 Å². The van der Waals surface area contributed by atoms with E-state index in [1.54, 1.807) is 11.9 Å². The minimum atomic E-state index is -2.99. The Hall–Kier alpha value is -1.61. The summed E-state index contributed by atoms with van der Waals surface area (Å²) < 4.78 is 24.8. The highest BCUT2D eigenvalue weighted by atomic mass is 32.2. The molecular weight excluding hydrogens is 324 g/mol. The van der Waals surface area contributed by atoms with Crippen molar-refractivity contribution in [2.24, 2.45) is 0 Å². The monoisotopic (exact) mass is 340 g/mol. The second-order valence-corrected chi connectivity index (χ2v) is 8.43. The van der Waals surface area contributed by atoms with Crippen molar-refractivity contribution < 1.29 is 13.2 Å². The maximum absolute atomic E-state index is 12.2. The summed E-state index contributed by atoms with van der Waals surface area (Å²) in [6.45, 7) is 0. The second kappa shape index (κ2) is 5.88. The smallest absolute Gasteiger partial charge is 0.233 e. The van der Waals surface area contributed by atoms with E-state index in [9.17, 15) is 13.2 Å². The van der Waals surface area contributed by atoms with Gasteiger partial charge in [-0.2, -0.15) is 0 Å². The molecule has 118 valence electrons. The van der Waals surface area contributed by atoms with Crippen LogP contribution in [-0.4, -0.2) is 64.2 Å². The summed E-state index contributed by atoms with van der Waals surface area (Å²) in [5.41, 5.74) is 0.729. The average Bonchev–Trinajstić information content (AvgIpc) is 3.07. The third-order valence-corrected chi connectivity index (χ3v) is 6.43. The molecule has 2 aromatic heterocycles. The van der Waals surface area contributed by atoms with Gasteiger partial charge < -0.3 is 4.90 Å². The number of thioether (sulfide) groups is 1. The molecule has 7 nitrogen and oxygen atoms in total. The minimum absolute atomic E-state index is 0.0633. The van der Waals surface area contributed by atoms with Crippen LogP contribution in [-0.2, 0) is 14.6 Å². The summed E-state index contributed by atoms with van der Waals surface area (Å²) in [7, 11) is -1.33. The van der Waals surface area contributed by atoms with Gasteiger partial charge in [0.05, 0.1) is 17.3 Å². The van der Waals surface area contributed by atoms with Crippen LogP contribution in [0.5, 0.6) is 0 Å². The molecule has 2 aromatic rings. The number of rotatable bonds is 4. The van der Waals surface area contributed by atoms with Crippen molar-refractivity contribution in [3.05, 3.63) is 24.4 Å². The van der Waals surface area contributed by atoms with Crippen molar-refractivity contribution in [1.82, 2.24) is 19.5 Å². The molecule has 0 N–H and O–H groups in total. The fraction of sp³-hybridized carbons (Fsp3) is 0.462. The Morgan fingerprint density at radius 1 is 1.45 bits per heavy atom. The van der Waals surface area contributed by atoms with Gasteiger partial charge in [-0.3, -0.25) is 9.20 Å². The second-order valence-electron chi connectivity index (χ2n) is 5.26. The van der Waals surface area contributed by atoms with E-state index in [1.807, 2.05) is 28.8 Å². The lowest BCUT2D eigenvalue weighted by Gasteiger charge is -2.23. The van der Waals surface area contributed by atoms with Crippen LogP contribution in [0.3, 0.4) is 0 Å². The molecule has 1 aliphatic rings. The van der Waals surface area contributed by atoms with E-state index in [-0.39, 0.29) is 29.2 Å². The topological polar surface area (TPSA) is 84.6 Å². The zero-order valence-corrected chi connectivity index (χ0v) is 13.7. The highest BCUT2D eigenvalue weighted by Gasteiger charge is 2.32. The summed E-state index contributed by atoms with van der Waals surface area (Å²) in [5, 5.41) is 8.73. The maximum Gasteiger partial charge on any atom is 0.233 e. The van der Waals surface area contributed by atoms with Gasteiger partial charge in [-0.05, 0) is 18.6 Å². The molecule has 1 fully saturated rings. The molecule has 1 saturated heterocycles. The molecule has 1 aliphatic heterocycles. The first-order valence-electron chi connectivity index (χ1n) is 6.85.